The number of hydrogen-bond acceptors (Lipinski definition) is 5. The Balaban J connectivity index is 2.08. The van der Waals surface area contributed by atoms with Crippen LogP contribution in [0.4, 0.5) is 5.82 Å². The van der Waals surface area contributed by atoms with Crippen molar-refractivity contribution >= 4 is 17.6 Å². The van der Waals surface area contributed by atoms with E-state index in [0.717, 1.165) is 36.9 Å². The Morgan fingerprint density at radius 3 is 2.87 bits per heavy atom. The lowest BCUT2D eigenvalue weighted by molar-refractivity contribution is 0.497. The average molecular weight is 224 g/mol. The highest BCUT2D eigenvalue weighted by molar-refractivity contribution is 7.98. The van der Waals surface area contributed by atoms with Crippen molar-refractivity contribution in [2.75, 3.05) is 24.2 Å². The summed E-state index contributed by atoms with van der Waals surface area (Å²) >= 11 is 1.57. The van der Waals surface area contributed by atoms with E-state index in [1.54, 1.807) is 11.8 Å². The maximum Gasteiger partial charge on any atom is 0.189 e. The minimum absolute atomic E-state index is 0.364. The first-order valence-electron chi connectivity index (χ1n) is 5.17. The summed E-state index contributed by atoms with van der Waals surface area (Å²) in [7, 11) is 0. The quantitative estimate of drug-likeness (QED) is 0.603. The summed E-state index contributed by atoms with van der Waals surface area (Å²) in [5.41, 5.74) is 5.87. The first kappa shape index (κ1) is 10.7. The third-order valence-electron chi connectivity index (χ3n) is 2.66. The molecule has 1 aromatic heterocycles. The van der Waals surface area contributed by atoms with Gasteiger partial charge in [-0.05, 0) is 25.2 Å². The fourth-order valence-corrected chi connectivity index (χ4v) is 2.09. The van der Waals surface area contributed by atoms with E-state index in [1.807, 2.05) is 18.5 Å². The summed E-state index contributed by atoms with van der Waals surface area (Å²) < 4.78 is 0. The Labute approximate surface area is 94.3 Å². The second-order valence-electron chi connectivity index (χ2n) is 3.73. The fraction of sp³-hybridized carbons (Fsp3) is 0.600. The van der Waals surface area contributed by atoms with Crippen molar-refractivity contribution in [2.24, 2.45) is 5.73 Å². The summed E-state index contributed by atoms with van der Waals surface area (Å²) in [6.45, 7) is 2.01. The van der Waals surface area contributed by atoms with Gasteiger partial charge in [-0.25, -0.2) is 9.97 Å². The molecule has 2 rings (SSSR count). The van der Waals surface area contributed by atoms with E-state index in [0.29, 0.717) is 6.04 Å². The van der Waals surface area contributed by atoms with Gasteiger partial charge in [0.25, 0.3) is 0 Å². The lowest BCUT2D eigenvalue weighted by Gasteiger charge is -2.30. The number of nitrogens with zero attached hydrogens (tertiary/aromatic N) is 3. The molecule has 5 heteroatoms. The zero-order valence-corrected chi connectivity index (χ0v) is 9.70. The Kier molecular flexibility index (Phi) is 3.43. The van der Waals surface area contributed by atoms with E-state index in [2.05, 4.69) is 14.9 Å². The van der Waals surface area contributed by atoms with Crippen LogP contribution in [0.25, 0.3) is 0 Å². The number of aromatic nitrogens is 2. The Morgan fingerprint density at radius 1 is 1.47 bits per heavy atom. The second kappa shape index (κ2) is 4.81. The van der Waals surface area contributed by atoms with Crippen LogP contribution >= 0.6 is 11.8 Å². The third-order valence-corrected chi connectivity index (χ3v) is 3.23. The third kappa shape index (κ3) is 2.60. The van der Waals surface area contributed by atoms with Crippen molar-refractivity contribution in [1.29, 1.82) is 0 Å². The van der Waals surface area contributed by atoms with Crippen LogP contribution in [0.15, 0.2) is 17.4 Å². The van der Waals surface area contributed by atoms with Gasteiger partial charge >= 0.3 is 0 Å². The van der Waals surface area contributed by atoms with E-state index < -0.39 is 0 Å². The van der Waals surface area contributed by atoms with Gasteiger partial charge in [-0.1, -0.05) is 11.8 Å². The maximum atomic E-state index is 5.87. The Bertz CT molecular complexity index is 323. The molecule has 15 heavy (non-hydrogen) atoms. The summed E-state index contributed by atoms with van der Waals surface area (Å²) in [4.78, 5) is 10.9. The van der Waals surface area contributed by atoms with E-state index in [9.17, 15) is 0 Å². The van der Waals surface area contributed by atoms with Gasteiger partial charge in [0.15, 0.2) is 5.16 Å². The van der Waals surface area contributed by atoms with Crippen molar-refractivity contribution in [3.8, 4) is 0 Å². The van der Waals surface area contributed by atoms with Crippen LogP contribution in [0.2, 0.25) is 0 Å². The largest absolute Gasteiger partial charge is 0.356 e. The van der Waals surface area contributed by atoms with Crippen LogP contribution in [-0.4, -0.2) is 35.4 Å². The van der Waals surface area contributed by atoms with Gasteiger partial charge in [-0.15, -0.1) is 0 Å². The Morgan fingerprint density at radius 2 is 2.20 bits per heavy atom. The van der Waals surface area contributed by atoms with Crippen LogP contribution in [0.5, 0.6) is 0 Å². The van der Waals surface area contributed by atoms with E-state index in [1.165, 1.54) is 0 Å². The van der Waals surface area contributed by atoms with Crippen molar-refractivity contribution in [2.45, 2.75) is 24.0 Å². The molecule has 0 unspecified atom stereocenters. The molecule has 0 radical (unpaired) electrons. The molecule has 0 spiro atoms. The molecule has 1 fully saturated rings. The van der Waals surface area contributed by atoms with Crippen LogP contribution in [0, 0.1) is 0 Å². The zero-order chi connectivity index (χ0) is 10.7. The number of nitrogens with two attached hydrogens (primary N) is 1. The van der Waals surface area contributed by atoms with Crippen LogP contribution < -0.4 is 10.6 Å². The van der Waals surface area contributed by atoms with Crippen LogP contribution in [0.3, 0.4) is 0 Å². The second-order valence-corrected chi connectivity index (χ2v) is 4.50. The number of thioether (sulfide) groups is 1. The van der Waals surface area contributed by atoms with Gasteiger partial charge in [0.05, 0.1) is 0 Å². The standard InChI is InChI=1S/C10H16N4S/c1-15-10-12-5-2-9(13-10)14-6-3-8(11)4-7-14/h2,5,8H,3-4,6-7,11H2,1H3. The molecule has 4 nitrogen and oxygen atoms in total. The molecule has 0 atom stereocenters. The molecule has 1 saturated heterocycles. The van der Waals surface area contributed by atoms with Gasteiger partial charge < -0.3 is 10.6 Å². The molecule has 2 heterocycles. The van der Waals surface area contributed by atoms with E-state index in [4.69, 9.17) is 5.73 Å². The molecule has 82 valence electrons. The molecule has 0 aliphatic carbocycles. The van der Waals surface area contributed by atoms with Crippen LogP contribution in [-0.2, 0) is 0 Å². The van der Waals surface area contributed by atoms with Gasteiger partial charge in [-0.2, -0.15) is 0 Å². The summed E-state index contributed by atoms with van der Waals surface area (Å²) in [6, 6.07) is 2.33. The van der Waals surface area contributed by atoms with Crippen molar-refractivity contribution in [1.82, 2.24) is 9.97 Å². The normalized spacial score (nSPS) is 18.1. The highest BCUT2D eigenvalue weighted by Gasteiger charge is 2.17. The highest BCUT2D eigenvalue weighted by Crippen LogP contribution is 2.18. The first-order chi connectivity index (χ1) is 7.29. The van der Waals surface area contributed by atoms with Gasteiger partial charge in [0, 0.05) is 25.3 Å². The van der Waals surface area contributed by atoms with E-state index in [-0.39, 0.29) is 0 Å². The summed E-state index contributed by atoms with van der Waals surface area (Å²) in [6.07, 6.45) is 5.92. The van der Waals surface area contributed by atoms with Crippen molar-refractivity contribution in [3.63, 3.8) is 0 Å². The molecule has 1 aliphatic heterocycles. The first-order valence-corrected chi connectivity index (χ1v) is 6.39. The molecule has 1 aromatic rings. The molecule has 0 bridgehead atoms. The number of rotatable bonds is 2. The minimum Gasteiger partial charge on any atom is -0.356 e. The number of hydrogen-bond donors (Lipinski definition) is 1. The predicted molar refractivity (Wildman–Crippen MR) is 63.2 cm³/mol. The molecule has 0 saturated carbocycles. The lowest BCUT2D eigenvalue weighted by Crippen LogP contribution is -2.40. The lowest BCUT2D eigenvalue weighted by atomic mass is 10.1. The smallest absolute Gasteiger partial charge is 0.189 e. The van der Waals surface area contributed by atoms with Gasteiger partial charge in [0.1, 0.15) is 5.82 Å². The molecule has 0 amide bonds. The summed E-state index contributed by atoms with van der Waals surface area (Å²) in [5, 5.41) is 0.836. The SMILES string of the molecule is CSc1nccc(N2CCC(N)CC2)n1. The molecule has 2 N–H and O–H groups in total. The van der Waals surface area contributed by atoms with Gasteiger partial charge in [0.2, 0.25) is 0 Å². The molecule has 0 aromatic carbocycles. The van der Waals surface area contributed by atoms with Crippen molar-refractivity contribution < 1.29 is 0 Å². The van der Waals surface area contributed by atoms with Crippen molar-refractivity contribution in [3.05, 3.63) is 12.3 Å². The topological polar surface area (TPSA) is 55.0 Å². The molecule has 1 aliphatic rings. The molecular formula is C10H16N4S. The zero-order valence-electron chi connectivity index (χ0n) is 8.89. The van der Waals surface area contributed by atoms with Crippen LogP contribution in [0.1, 0.15) is 12.8 Å². The minimum atomic E-state index is 0.364. The monoisotopic (exact) mass is 224 g/mol. The fourth-order valence-electron chi connectivity index (χ4n) is 1.73. The average Bonchev–Trinajstić information content (AvgIpc) is 2.30. The van der Waals surface area contributed by atoms with E-state index >= 15 is 0 Å². The van der Waals surface area contributed by atoms with Gasteiger partial charge in [-0.3, -0.25) is 0 Å². The number of anilines is 1. The Hall–Kier alpha value is -0.810. The predicted octanol–water partition coefficient (Wildman–Crippen LogP) is 1.13. The highest BCUT2D eigenvalue weighted by atomic mass is 32.2. The maximum absolute atomic E-state index is 5.87. The summed E-state index contributed by atoms with van der Waals surface area (Å²) in [5.74, 6) is 1.03. The molecular weight excluding hydrogens is 208 g/mol. The number of piperidine rings is 1.